The molecule has 9 atom stereocenters. The lowest BCUT2D eigenvalue weighted by Gasteiger charge is -2.61. The molecule has 1 spiro atoms. The lowest BCUT2D eigenvalue weighted by molar-refractivity contribution is -0.440. The van der Waals surface area contributed by atoms with E-state index in [2.05, 4.69) is 39.0 Å². The fourth-order valence-corrected chi connectivity index (χ4v) is 6.63. The minimum atomic E-state index is -0.741. The molecule has 1 saturated carbocycles. The summed E-state index contributed by atoms with van der Waals surface area (Å²) < 4.78 is 11.8. The molecule has 32 heavy (non-hydrogen) atoms. The molecule has 7 nitrogen and oxygen atoms in total. The molecule has 0 aromatic carbocycles. The third kappa shape index (κ3) is 2.75. The van der Waals surface area contributed by atoms with Crippen LogP contribution in [0.15, 0.2) is 23.8 Å². The Morgan fingerprint density at radius 1 is 1.16 bits per heavy atom. The number of ether oxygens (including phenoxy) is 2. The first-order valence-corrected chi connectivity index (χ1v) is 11.8. The topological polar surface area (TPSA) is 72.5 Å². The Kier molecular flexibility index (Phi) is 4.85. The Labute approximate surface area is 190 Å². The SMILES string of the molecule is COC(=O)[C@H](C)[C@H]1CC[C@](C)([C@@H]2C[C@@]3(C)[C@H](C)CC4=C[C@]5(C)C=C[C@]4(OO5)[C@@]3(C)O2)OO1. The summed E-state index contributed by atoms with van der Waals surface area (Å²) in [6, 6.07) is 0. The highest BCUT2D eigenvalue weighted by Gasteiger charge is 2.74. The van der Waals surface area contributed by atoms with Crippen LogP contribution in [0.25, 0.3) is 0 Å². The highest BCUT2D eigenvalue weighted by Crippen LogP contribution is 2.67. The monoisotopic (exact) mass is 448 g/mol. The molecule has 6 aliphatic rings. The highest BCUT2D eigenvalue weighted by atomic mass is 17.2. The molecule has 0 unspecified atom stereocenters. The zero-order valence-corrected chi connectivity index (χ0v) is 20.2. The quantitative estimate of drug-likeness (QED) is 0.364. The third-order valence-corrected chi connectivity index (χ3v) is 9.44. The first-order valence-electron chi connectivity index (χ1n) is 11.8. The summed E-state index contributed by atoms with van der Waals surface area (Å²) in [5, 5.41) is 0. The summed E-state index contributed by atoms with van der Waals surface area (Å²) in [7, 11) is 1.39. The third-order valence-electron chi connectivity index (χ3n) is 9.44. The normalized spacial score (nSPS) is 52.7. The van der Waals surface area contributed by atoms with Crippen LogP contribution in [0.3, 0.4) is 0 Å². The van der Waals surface area contributed by atoms with Gasteiger partial charge in [0.05, 0.1) is 19.1 Å². The summed E-state index contributed by atoms with van der Waals surface area (Å²) >= 11 is 0. The van der Waals surface area contributed by atoms with Gasteiger partial charge in [-0.25, -0.2) is 19.6 Å². The molecule has 7 heteroatoms. The van der Waals surface area contributed by atoms with Gasteiger partial charge in [0.25, 0.3) is 0 Å². The van der Waals surface area contributed by atoms with Crippen LogP contribution in [0.2, 0.25) is 0 Å². The molecule has 0 N–H and O–H groups in total. The Hall–Kier alpha value is -1.25. The molecular weight excluding hydrogens is 412 g/mol. The average Bonchev–Trinajstić information content (AvgIpc) is 3.08. The van der Waals surface area contributed by atoms with Crippen molar-refractivity contribution >= 4 is 5.97 Å². The molecule has 0 aromatic heterocycles. The van der Waals surface area contributed by atoms with Crippen LogP contribution in [-0.2, 0) is 33.8 Å². The van der Waals surface area contributed by atoms with E-state index in [-0.39, 0.29) is 29.5 Å². The Morgan fingerprint density at radius 2 is 1.91 bits per heavy atom. The fourth-order valence-electron chi connectivity index (χ4n) is 6.63. The van der Waals surface area contributed by atoms with Gasteiger partial charge < -0.3 is 9.47 Å². The van der Waals surface area contributed by atoms with E-state index in [4.69, 9.17) is 29.0 Å². The predicted octanol–water partition coefficient (Wildman–Crippen LogP) is 4.21. The number of hydrogen-bond acceptors (Lipinski definition) is 7. The van der Waals surface area contributed by atoms with E-state index in [0.717, 1.165) is 19.3 Å². The van der Waals surface area contributed by atoms with Crippen LogP contribution in [0, 0.1) is 17.3 Å². The van der Waals surface area contributed by atoms with E-state index in [0.29, 0.717) is 12.3 Å². The number of rotatable bonds is 3. The second kappa shape index (κ2) is 6.89. The van der Waals surface area contributed by atoms with Crippen LogP contribution in [0.1, 0.15) is 67.2 Å². The lowest BCUT2D eigenvalue weighted by Crippen LogP contribution is -2.69. The summed E-state index contributed by atoms with van der Waals surface area (Å²) in [6.07, 6.45) is 9.11. The molecule has 4 heterocycles. The minimum Gasteiger partial charge on any atom is -0.469 e. The van der Waals surface area contributed by atoms with Crippen molar-refractivity contribution in [2.24, 2.45) is 17.3 Å². The molecule has 178 valence electrons. The van der Waals surface area contributed by atoms with Crippen LogP contribution in [0.4, 0.5) is 0 Å². The number of esters is 1. The van der Waals surface area contributed by atoms with E-state index < -0.39 is 22.4 Å². The van der Waals surface area contributed by atoms with Gasteiger partial charge in [-0.05, 0) is 83.1 Å². The van der Waals surface area contributed by atoms with Crippen LogP contribution in [-0.4, -0.2) is 47.7 Å². The molecule has 3 fully saturated rings. The van der Waals surface area contributed by atoms with Gasteiger partial charge in [-0.15, -0.1) is 0 Å². The molecule has 0 radical (unpaired) electrons. The number of hydrogen-bond donors (Lipinski definition) is 0. The van der Waals surface area contributed by atoms with Crippen LogP contribution < -0.4 is 0 Å². The van der Waals surface area contributed by atoms with Gasteiger partial charge in [0, 0.05) is 5.41 Å². The van der Waals surface area contributed by atoms with Gasteiger partial charge in [0.15, 0.2) is 5.60 Å². The maximum Gasteiger partial charge on any atom is 0.311 e. The van der Waals surface area contributed by atoms with Crippen LogP contribution in [0.5, 0.6) is 0 Å². The molecule has 2 bridgehead atoms. The summed E-state index contributed by atoms with van der Waals surface area (Å²) in [6.45, 7) is 12.6. The number of fused-ring (bicyclic) bond motifs is 2. The summed E-state index contributed by atoms with van der Waals surface area (Å²) in [5.41, 5.74) is -1.44. The Bertz CT molecular complexity index is 874. The van der Waals surface area contributed by atoms with Gasteiger partial charge in [-0.3, -0.25) is 4.79 Å². The highest BCUT2D eigenvalue weighted by molar-refractivity contribution is 5.72. The van der Waals surface area contributed by atoms with Crippen molar-refractivity contribution in [3.63, 3.8) is 0 Å². The fraction of sp³-hybridized carbons (Fsp3) is 0.800. The van der Waals surface area contributed by atoms with E-state index in [1.54, 1.807) is 0 Å². The second-order valence-corrected chi connectivity index (χ2v) is 11.3. The van der Waals surface area contributed by atoms with Gasteiger partial charge in [-0.2, -0.15) is 0 Å². The number of carbonyl (C=O) groups excluding carboxylic acids is 1. The van der Waals surface area contributed by atoms with E-state index in [9.17, 15) is 4.79 Å². The van der Waals surface area contributed by atoms with E-state index in [1.807, 2.05) is 20.8 Å². The zero-order valence-electron chi connectivity index (χ0n) is 20.2. The lowest BCUT2D eigenvalue weighted by atomic mass is 9.50. The molecule has 6 rings (SSSR count). The molecular formula is C25H36O7. The van der Waals surface area contributed by atoms with Crippen molar-refractivity contribution in [1.82, 2.24) is 0 Å². The zero-order chi connectivity index (χ0) is 23.2. The molecule has 2 saturated heterocycles. The minimum absolute atomic E-state index is 0.156. The molecule has 0 amide bonds. The largest absolute Gasteiger partial charge is 0.469 e. The summed E-state index contributed by atoms with van der Waals surface area (Å²) in [4.78, 5) is 35.7. The Morgan fingerprint density at radius 3 is 2.50 bits per heavy atom. The van der Waals surface area contributed by atoms with Crippen molar-refractivity contribution in [1.29, 1.82) is 0 Å². The maximum absolute atomic E-state index is 11.9. The average molecular weight is 449 g/mol. The first-order chi connectivity index (χ1) is 14.9. The van der Waals surface area contributed by atoms with Crippen molar-refractivity contribution in [2.45, 2.75) is 102 Å². The summed E-state index contributed by atoms with van der Waals surface area (Å²) in [5.74, 6) is -0.273. The standard InChI is InChI=1S/C25H36O7/c1-15-12-17-13-21(3)10-11-25(17,32-30-21)24(6)22(15,4)14-19(28-24)23(5)9-8-18(29-31-23)16(2)20(26)27-7/h10-11,13,15-16,18-19H,8-9,12,14H2,1-7H3/t15-,16-,18-,19+,21+,22+,23-,24+,25-/m1/s1. The van der Waals surface area contributed by atoms with Crippen molar-refractivity contribution in [3.05, 3.63) is 23.8 Å². The molecule has 0 aromatic rings. The van der Waals surface area contributed by atoms with Gasteiger partial charge >= 0.3 is 5.97 Å². The predicted molar refractivity (Wildman–Crippen MR) is 115 cm³/mol. The van der Waals surface area contributed by atoms with Crippen molar-refractivity contribution in [3.8, 4) is 0 Å². The van der Waals surface area contributed by atoms with Crippen LogP contribution >= 0.6 is 0 Å². The van der Waals surface area contributed by atoms with Gasteiger partial charge in [0.1, 0.15) is 22.9 Å². The number of carbonyl (C=O) groups is 1. The smallest absolute Gasteiger partial charge is 0.311 e. The molecule has 2 aliphatic carbocycles. The Balaban J connectivity index is 1.42. The maximum atomic E-state index is 11.9. The first kappa shape index (κ1) is 22.5. The van der Waals surface area contributed by atoms with E-state index >= 15 is 0 Å². The second-order valence-electron chi connectivity index (χ2n) is 11.3. The van der Waals surface area contributed by atoms with E-state index in [1.165, 1.54) is 12.7 Å². The van der Waals surface area contributed by atoms with Gasteiger partial charge in [-0.1, -0.05) is 13.8 Å². The molecule has 4 aliphatic heterocycles. The van der Waals surface area contributed by atoms with Gasteiger partial charge in [0.2, 0.25) is 0 Å². The van der Waals surface area contributed by atoms with Crippen molar-refractivity contribution < 1.29 is 33.8 Å². The van der Waals surface area contributed by atoms with Crippen molar-refractivity contribution in [2.75, 3.05) is 7.11 Å². The number of methoxy groups -OCH3 is 1.